The first-order chi connectivity index (χ1) is 9.34. The van der Waals surface area contributed by atoms with E-state index in [1.807, 2.05) is 12.1 Å². The van der Waals surface area contributed by atoms with Gasteiger partial charge in [0.25, 0.3) is 0 Å². The molecule has 0 aromatic heterocycles. The van der Waals surface area contributed by atoms with E-state index in [-0.39, 0.29) is 12.3 Å². The molecule has 0 spiro atoms. The third-order valence-corrected chi connectivity index (χ3v) is 4.22. The van der Waals surface area contributed by atoms with Crippen LogP contribution in [0.2, 0.25) is 0 Å². The van der Waals surface area contributed by atoms with Gasteiger partial charge in [-0.1, -0.05) is 32.9 Å². The van der Waals surface area contributed by atoms with Crippen LogP contribution in [0.25, 0.3) is 0 Å². The van der Waals surface area contributed by atoms with E-state index in [0.717, 1.165) is 5.56 Å². The van der Waals surface area contributed by atoms with E-state index in [1.165, 1.54) is 0 Å². The molecule has 112 valence electrons. The standard InChI is InChI=1S/C14H21NO4S/c1-4-9-20(17,18)15-10-14(16)19-13-7-5-12(6-8-13)11(2)3/h5-8,11,15H,4,9-10H2,1-3H3. The van der Waals surface area contributed by atoms with Crippen LogP contribution in [0, 0.1) is 0 Å². The average molecular weight is 299 g/mol. The Hall–Kier alpha value is -1.40. The van der Waals surface area contributed by atoms with Gasteiger partial charge in [-0.15, -0.1) is 0 Å². The number of ether oxygens (including phenoxy) is 1. The number of hydrogen-bond donors (Lipinski definition) is 1. The zero-order valence-electron chi connectivity index (χ0n) is 12.0. The number of sulfonamides is 1. The van der Waals surface area contributed by atoms with E-state index in [9.17, 15) is 13.2 Å². The van der Waals surface area contributed by atoms with Crippen LogP contribution in [0.4, 0.5) is 0 Å². The molecule has 1 N–H and O–H groups in total. The fraction of sp³-hybridized carbons (Fsp3) is 0.500. The lowest BCUT2D eigenvalue weighted by atomic mass is 10.0. The van der Waals surface area contributed by atoms with Gasteiger partial charge in [0.2, 0.25) is 10.0 Å². The second kappa shape index (κ2) is 7.40. The molecule has 20 heavy (non-hydrogen) atoms. The number of carbonyl (C=O) groups excluding carboxylic acids is 1. The van der Waals surface area contributed by atoms with Crippen molar-refractivity contribution in [3.63, 3.8) is 0 Å². The second-order valence-electron chi connectivity index (χ2n) is 4.84. The molecule has 0 aliphatic heterocycles. The number of carbonyl (C=O) groups is 1. The van der Waals surface area contributed by atoms with Gasteiger partial charge in [-0.3, -0.25) is 4.79 Å². The number of nitrogens with one attached hydrogen (secondary N) is 1. The molecule has 0 amide bonds. The Morgan fingerprint density at radius 2 is 1.85 bits per heavy atom. The zero-order chi connectivity index (χ0) is 15.2. The molecular formula is C14H21NO4S. The van der Waals surface area contributed by atoms with Crippen LogP contribution >= 0.6 is 0 Å². The maximum absolute atomic E-state index is 11.5. The van der Waals surface area contributed by atoms with Crippen LogP contribution in [-0.4, -0.2) is 26.7 Å². The van der Waals surface area contributed by atoms with E-state index in [1.54, 1.807) is 19.1 Å². The monoisotopic (exact) mass is 299 g/mol. The summed E-state index contributed by atoms with van der Waals surface area (Å²) in [6, 6.07) is 7.17. The summed E-state index contributed by atoms with van der Waals surface area (Å²) in [5.41, 5.74) is 1.15. The molecular weight excluding hydrogens is 278 g/mol. The fourth-order valence-electron chi connectivity index (χ4n) is 1.60. The van der Waals surface area contributed by atoms with Crippen LogP contribution in [-0.2, 0) is 14.8 Å². The Kier molecular flexibility index (Phi) is 6.16. The largest absolute Gasteiger partial charge is 0.426 e. The van der Waals surface area contributed by atoms with Crippen LogP contribution in [0.1, 0.15) is 38.7 Å². The van der Waals surface area contributed by atoms with Gasteiger partial charge in [0.15, 0.2) is 0 Å². The van der Waals surface area contributed by atoms with Crippen LogP contribution in [0.5, 0.6) is 5.75 Å². The summed E-state index contributed by atoms with van der Waals surface area (Å²) in [6.07, 6.45) is 0.501. The third-order valence-electron chi connectivity index (χ3n) is 2.69. The summed E-state index contributed by atoms with van der Waals surface area (Å²) in [5, 5.41) is 0. The van der Waals surface area contributed by atoms with Crippen molar-refractivity contribution in [1.29, 1.82) is 0 Å². The molecule has 1 aromatic rings. The van der Waals surface area contributed by atoms with Crippen LogP contribution in [0.3, 0.4) is 0 Å². The van der Waals surface area contributed by atoms with Gasteiger partial charge in [0.05, 0.1) is 5.75 Å². The smallest absolute Gasteiger partial charge is 0.326 e. The number of rotatable bonds is 7. The third kappa shape index (κ3) is 5.71. The van der Waals surface area contributed by atoms with Gasteiger partial charge in [-0.05, 0) is 30.0 Å². The molecule has 0 saturated heterocycles. The molecule has 0 radical (unpaired) electrons. The highest BCUT2D eigenvalue weighted by molar-refractivity contribution is 7.89. The summed E-state index contributed by atoms with van der Waals surface area (Å²) < 4.78 is 30.0. The van der Waals surface area contributed by atoms with Gasteiger partial charge in [-0.25, -0.2) is 13.1 Å². The Bertz CT molecular complexity index is 535. The predicted octanol–water partition coefficient (Wildman–Crippen LogP) is 2.04. The first-order valence-corrected chi connectivity index (χ1v) is 8.27. The summed E-state index contributed by atoms with van der Waals surface area (Å²) in [7, 11) is -3.39. The molecule has 0 fully saturated rings. The lowest BCUT2D eigenvalue weighted by molar-refractivity contribution is -0.133. The molecule has 0 bridgehead atoms. The van der Waals surface area contributed by atoms with Crippen molar-refractivity contribution in [2.24, 2.45) is 0 Å². The van der Waals surface area contributed by atoms with Crippen molar-refractivity contribution in [1.82, 2.24) is 4.72 Å². The Balaban J connectivity index is 2.50. The van der Waals surface area contributed by atoms with Crippen molar-refractivity contribution < 1.29 is 17.9 Å². The maximum atomic E-state index is 11.5. The Morgan fingerprint density at radius 1 is 1.25 bits per heavy atom. The minimum absolute atomic E-state index is 0.00334. The fourth-order valence-corrected chi connectivity index (χ4v) is 2.62. The molecule has 1 rings (SSSR count). The van der Waals surface area contributed by atoms with Crippen LogP contribution in [0.15, 0.2) is 24.3 Å². The molecule has 0 unspecified atom stereocenters. The molecule has 0 saturated carbocycles. The molecule has 1 aromatic carbocycles. The number of esters is 1. The van der Waals surface area contributed by atoms with Gasteiger partial charge in [0, 0.05) is 0 Å². The molecule has 0 atom stereocenters. The first kappa shape index (κ1) is 16.7. The average Bonchev–Trinajstić information content (AvgIpc) is 2.37. The van der Waals surface area contributed by atoms with Gasteiger partial charge >= 0.3 is 5.97 Å². The van der Waals surface area contributed by atoms with Crippen molar-refractivity contribution in [3.8, 4) is 5.75 Å². The maximum Gasteiger partial charge on any atom is 0.326 e. The van der Waals surface area contributed by atoms with Crippen molar-refractivity contribution >= 4 is 16.0 Å². The lowest BCUT2D eigenvalue weighted by Gasteiger charge is -2.08. The summed E-state index contributed by atoms with van der Waals surface area (Å²) in [5.74, 6) is 0.195. The number of hydrogen-bond acceptors (Lipinski definition) is 4. The molecule has 0 heterocycles. The summed E-state index contributed by atoms with van der Waals surface area (Å²) in [6.45, 7) is 5.55. The molecule has 0 aliphatic rings. The van der Waals surface area contributed by atoms with Gasteiger partial charge in [-0.2, -0.15) is 0 Å². The minimum atomic E-state index is -3.39. The van der Waals surface area contributed by atoms with Gasteiger partial charge < -0.3 is 4.74 Å². The van der Waals surface area contributed by atoms with Crippen molar-refractivity contribution in [2.75, 3.05) is 12.3 Å². The van der Waals surface area contributed by atoms with E-state index in [4.69, 9.17) is 4.74 Å². The summed E-state index contributed by atoms with van der Waals surface area (Å²) in [4.78, 5) is 11.5. The first-order valence-electron chi connectivity index (χ1n) is 6.62. The predicted molar refractivity (Wildman–Crippen MR) is 78.2 cm³/mol. The topological polar surface area (TPSA) is 72.5 Å². The minimum Gasteiger partial charge on any atom is -0.426 e. The summed E-state index contributed by atoms with van der Waals surface area (Å²) >= 11 is 0. The highest BCUT2D eigenvalue weighted by atomic mass is 32.2. The molecule has 5 nitrogen and oxygen atoms in total. The van der Waals surface area contributed by atoms with Gasteiger partial charge in [0.1, 0.15) is 12.3 Å². The van der Waals surface area contributed by atoms with E-state index < -0.39 is 16.0 Å². The zero-order valence-corrected chi connectivity index (χ0v) is 12.9. The van der Waals surface area contributed by atoms with Crippen molar-refractivity contribution in [2.45, 2.75) is 33.1 Å². The van der Waals surface area contributed by atoms with E-state index >= 15 is 0 Å². The Labute approximate surface area is 120 Å². The van der Waals surface area contributed by atoms with E-state index in [0.29, 0.717) is 18.1 Å². The SMILES string of the molecule is CCCS(=O)(=O)NCC(=O)Oc1ccc(C(C)C)cc1. The van der Waals surface area contributed by atoms with Crippen LogP contribution < -0.4 is 9.46 Å². The number of benzene rings is 1. The lowest BCUT2D eigenvalue weighted by Crippen LogP contribution is -2.33. The molecule has 0 aliphatic carbocycles. The van der Waals surface area contributed by atoms with E-state index in [2.05, 4.69) is 18.6 Å². The highest BCUT2D eigenvalue weighted by Gasteiger charge is 2.12. The molecule has 6 heteroatoms. The van der Waals surface area contributed by atoms with Crippen molar-refractivity contribution in [3.05, 3.63) is 29.8 Å². The highest BCUT2D eigenvalue weighted by Crippen LogP contribution is 2.18. The normalized spacial score (nSPS) is 11.6. The Morgan fingerprint density at radius 3 is 2.35 bits per heavy atom. The second-order valence-corrected chi connectivity index (χ2v) is 6.76. The quantitative estimate of drug-likeness (QED) is 0.618.